The van der Waals surface area contributed by atoms with Crippen molar-refractivity contribution in [3.63, 3.8) is 0 Å². The normalized spacial score (nSPS) is 27.9. The van der Waals surface area contributed by atoms with E-state index in [4.69, 9.17) is 4.99 Å². The Balaban J connectivity index is 1.75. The van der Waals surface area contributed by atoms with Gasteiger partial charge in [0, 0.05) is 19.1 Å². The van der Waals surface area contributed by atoms with E-state index < -0.39 is 0 Å². The molecule has 2 rings (SSSR count). The zero-order chi connectivity index (χ0) is 16.5. The Kier molecular flexibility index (Phi) is 8.17. The van der Waals surface area contributed by atoms with Gasteiger partial charge in [-0.3, -0.25) is 4.99 Å². The molecule has 1 saturated heterocycles. The average Bonchev–Trinajstić information content (AvgIpc) is 2.56. The van der Waals surface area contributed by atoms with Gasteiger partial charge in [-0.2, -0.15) is 0 Å². The highest BCUT2D eigenvalue weighted by Gasteiger charge is 2.21. The predicted molar refractivity (Wildman–Crippen MR) is 96.8 cm³/mol. The summed E-state index contributed by atoms with van der Waals surface area (Å²) in [5.41, 5.74) is 0. The Morgan fingerprint density at radius 3 is 2.39 bits per heavy atom. The Bertz CT molecular complexity index is 345. The van der Waals surface area contributed by atoms with E-state index in [1.54, 1.807) is 0 Å². The number of hydrogen-bond acceptors (Lipinski definition) is 3. The van der Waals surface area contributed by atoms with Gasteiger partial charge < -0.3 is 20.6 Å². The number of guanidine groups is 1. The van der Waals surface area contributed by atoms with Crippen molar-refractivity contribution in [2.24, 2.45) is 10.9 Å². The van der Waals surface area contributed by atoms with Crippen LogP contribution in [0.2, 0.25) is 0 Å². The minimum atomic E-state index is -0.0964. The van der Waals surface area contributed by atoms with Crippen LogP contribution >= 0.6 is 0 Å². The van der Waals surface area contributed by atoms with Gasteiger partial charge >= 0.3 is 0 Å². The van der Waals surface area contributed by atoms with Gasteiger partial charge in [0.25, 0.3) is 0 Å². The van der Waals surface area contributed by atoms with E-state index in [1.165, 1.54) is 38.9 Å². The van der Waals surface area contributed by atoms with Gasteiger partial charge in [-0.05, 0) is 77.4 Å². The van der Waals surface area contributed by atoms with E-state index in [-0.39, 0.29) is 6.10 Å². The predicted octanol–water partition coefficient (Wildman–Crippen LogP) is 1.97. The molecule has 0 aromatic rings. The lowest BCUT2D eigenvalue weighted by molar-refractivity contribution is 0.120. The van der Waals surface area contributed by atoms with Crippen LogP contribution in [0.1, 0.15) is 58.8 Å². The van der Waals surface area contributed by atoms with Crippen LogP contribution in [-0.4, -0.2) is 60.8 Å². The number of aliphatic imine (C=N–C) groups is 1. The smallest absolute Gasteiger partial charge is 0.191 e. The lowest BCUT2D eigenvalue weighted by Crippen LogP contribution is -2.45. The Morgan fingerprint density at radius 2 is 1.78 bits per heavy atom. The first-order chi connectivity index (χ1) is 11.2. The molecule has 1 aliphatic heterocycles. The van der Waals surface area contributed by atoms with Gasteiger partial charge in [-0.25, -0.2) is 0 Å². The summed E-state index contributed by atoms with van der Waals surface area (Å²) in [7, 11) is 0. The third kappa shape index (κ3) is 6.68. The van der Waals surface area contributed by atoms with Gasteiger partial charge in [-0.15, -0.1) is 0 Å². The summed E-state index contributed by atoms with van der Waals surface area (Å²) in [5, 5.41) is 16.6. The van der Waals surface area contributed by atoms with Crippen LogP contribution in [-0.2, 0) is 0 Å². The zero-order valence-corrected chi connectivity index (χ0v) is 15.1. The molecule has 0 unspecified atom stereocenters. The molecule has 5 nitrogen and oxygen atoms in total. The molecule has 0 radical (unpaired) electrons. The molecule has 1 heterocycles. The molecule has 1 aliphatic carbocycles. The van der Waals surface area contributed by atoms with Crippen LogP contribution in [0.4, 0.5) is 0 Å². The fraction of sp³-hybridized carbons (Fsp3) is 0.944. The van der Waals surface area contributed by atoms with Crippen LogP contribution in [0.25, 0.3) is 0 Å². The van der Waals surface area contributed by atoms with E-state index in [1.807, 2.05) is 0 Å². The standard InChI is InChI=1S/C18H36N4O/c1-3-11-22-12-9-15(10-13-22)14-20-18(19-4-2)21-16-5-7-17(23)8-6-16/h15-17,23H,3-14H2,1-2H3,(H2,19,20,21). The number of nitrogens with zero attached hydrogens (tertiary/aromatic N) is 2. The van der Waals surface area contributed by atoms with Crippen molar-refractivity contribution in [3.8, 4) is 0 Å². The van der Waals surface area contributed by atoms with E-state index in [2.05, 4.69) is 29.4 Å². The van der Waals surface area contributed by atoms with Gasteiger partial charge in [-0.1, -0.05) is 6.92 Å². The summed E-state index contributed by atoms with van der Waals surface area (Å²) in [6.07, 6.45) is 7.62. The molecule has 0 aromatic heterocycles. The fourth-order valence-corrected chi connectivity index (χ4v) is 3.66. The highest BCUT2D eigenvalue weighted by molar-refractivity contribution is 5.80. The van der Waals surface area contributed by atoms with Crippen LogP contribution < -0.4 is 10.6 Å². The van der Waals surface area contributed by atoms with Crippen molar-refractivity contribution in [3.05, 3.63) is 0 Å². The van der Waals surface area contributed by atoms with Gasteiger partial charge in [0.15, 0.2) is 5.96 Å². The number of aliphatic hydroxyl groups excluding tert-OH is 1. The molecule has 5 heteroatoms. The summed E-state index contributed by atoms with van der Waals surface area (Å²) in [4.78, 5) is 7.42. The summed E-state index contributed by atoms with van der Waals surface area (Å²) in [6, 6.07) is 0.461. The van der Waals surface area contributed by atoms with Crippen LogP contribution in [0.3, 0.4) is 0 Å². The number of nitrogens with one attached hydrogen (secondary N) is 2. The van der Waals surface area contributed by atoms with Crippen molar-refractivity contribution in [1.29, 1.82) is 0 Å². The molecule has 0 atom stereocenters. The average molecular weight is 325 g/mol. The molecule has 0 aromatic carbocycles. The molecule has 0 spiro atoms. The minimum absolute atomic E-state index is 0.0964. The maximum Gasteiger partial charge on any atom is 0.191 e. The Labute approximate surface area is 141 Å². The fourth-order valence-electron chi connectivity index (χ4n) is 3.66. The van der Waals surface area contributed by atoms with E-state index in [9.17, 15) is 5.11 Å². The Morgan fingerprint density at radius 1 is 1.09 bits per heavy atom. The SMILES string of the molecule is CCCN1CCC(CN=C(NCC)NC2CCC(O)CC2)CC1. The lowest BCUT2D eigenvalue weighted by Gasteiger charge is -2.31. The maximum absolute atomic E-state index is 9.62. The first kappa shape index (κ1) is 18.5. The second kappa shape index (κ2) is 10.1. The number of likely N-dealkylation sites (tertiary alicyclic amines) is 1. The van der Waals surface area contributed by atoms with Crippen molar-refractivity contribution in [2.45, 2.75) is 70.9 Å². The van der Waals surface area contributed by atoms with E-state index >= 15 is 0 Å². The number of aliphatic hydroxyl groups is 1. The summed E-state index contributed by atoms with van der Waals surface area (Å²) < 4.78 is 0. The largest absolute Gasteiger partial charge is 0.393 e. The molecule has 23 heavy (non-hydrogen) atoms. The van der Waals surface area contributed by atoms with Gasteiger partial charge in [0.05, 0.1) is 6.10 Å². The molecular weight excluding hydrogens is 288 g/mol. The Hall–Kier alpha value is -0.810. The third-order valence-corrected chi connectivity index (χ3v) is 5.14. The molecule has 0 bridgehead atoms. The van der Waals surface area contributed by atoms with E-state index in [0.717, 1.165) is 50.7 Å². The molecule has 2 fully saturated rings. The van der Waals surface area contributed by atoms with Crippen molar-refractivity contribution < 1.29 is 5.11 Å². The highest BCUT2D eigenvalue weighted by atomic mass is 16.3. The maximum atomic E-state index is 9.62. The summed E-state index contributed by atoms with van der Waals surface area (Å²) in [5.74, 6) is 1.69. The second-order valence-electron chi connectivity index (χ2n) is 7.15. The molecule has 1 saturated carbocycles. The summed E-state index contributed by atoms with van der Waals surface area (Å²) in [6.45, 7) is 9.92. The van der Waals surface area contributed by atoms with Crippen molar-refractivity contribution >= 4 is 5.96 Å². The topological polar surface area (TPSA) is 59.9 Å². The molecular formula is C18H36N4O. The molecule has 0 amide bonds. The van der Waals surface area contributed by atoms with Gasteiger partial charge in [0.1, 0.15) is 0 Å². The minimum Gasteiger partial charge on any atom is -0.393 e. The molecule has 134 valence electrons. The van der Waals surface area contributed by atoms with Gasteiger partial charge in [0.2, 0.25) is 0 Å². The monoisotopic (exact) mass is 324 g/mol. The number of hydrogen-bond donors (Lipinski definition) is 3. The van der Waals surface area contributed by atoms with Crippen LogP contribution in [0, 0.1) is 5.92 Å². The van der Waals surface area contributed by atoms with Crippen LogP contribution in [0.15, 0.2) is 4.99 Å². The molecule has 3 N–H and O–H groups in total. The highest BCUT2D eigenvalue weighted by Crippen LogP contribution is 2.19. The zero-order valence-electron chi connectivity index (χ0n) is 15.1. The summed E-state index contributed by atoms with van der Waals surface area (Å²) >= 11 is 0. The first-order valence-electron chi connectivity index (χ1n) is 9.66. The van der Waals surface area contributed by atoms with Crippen molar-refractivity contribution in [2.75, 3.05) is 32.7 Å². The van der Waals surface area contributed by atoms with Crippen LogP contribution in [0.5, 0.6) is 0 Å². The van der Waals surface area contributed by atoms with Crippen molar-refractivity contribution in [1.82, 2.24) is 15.5 Å². The number of piperidine rings is 1. The third-order valence-electron chi connectivity index (χ3n) is 5.14. The van der Waals surface area contributed by atoms with E-state index in [0.29, 0.717) is 6.04 Å². The number of rotatable bonds is 6. The molecule has 2 aliphatic rings. The second-order valence-corrected chi connectivity index (χ2v) is 7.15. The quantitative estimate of drug-likeness (QED) is 0.516. The lowest BCUT2D eigenvalue weighted by atomic mass is 9.93. The first-order valence-corrected chi connectivity index (χ1v) is 9.66.